The van der Waals surface area contributed by atoms with Gasteiger partial charge in [0.05, 0.1) is 9.75 Å². The monoisotopic (exact) mass is 366 g/mol. The molecule has 0 bridgehead atoms. The smallest absolute Gasteiger partial charge is 0.328 e. The molecule has 7 nitrogen and oxygen atoms in total. The summed E-state index contributed by atoms with van der Waals surface area (Å²) in [5.41, 5.74) is 0. The molecule has 2 rings (SSSR count). The van der Waals surface area contributed by atoms with Gasteiger partial charge in [0.15, 0.2) is 6.61 Å². The highest BCUT2D eigenvalue weighted by Gasteiger charge is 2.20. The van der Waals surface area contributed by atoms with Crippen molar-refractivity contribution in [3.63, 3.8) is 0 Å². The number of hydrogen-bond acceptors (Lipinski definition) is 7. The molecule has 0 aliphatic heterocycles. The minimum absolute atomic E-state index is 0.381. The number of nitrogens with one attached hydrogen (secondary N) is 2. The van der Waals surface area contributed by atoms with E-state index in [1.54, 1.807) is 35.0 Å². The van der Waals surface area contributed by atoms with Crippen LogP contribution in [0.5, 0.6) is 0 Å². The topological polar surface area (TPSA) is 102 Å². The van der Waals surface area contributed by atoms with Gasteiger partial charge in [-0.05, 0) is 29.8 Å². The SMILES string of the molecule is C[C@H](NC(=O)c1cccs1)C(=O)OCC(=O)NC(=O)c1cccs1. The van der Waals surface area contributed by atoms with Crippen LogP contribution in [-0.2, 0) is 14.3 Å². The molecule has 0 saturated carbocycles. The Labute approximate surface area is 145 Å². The van der Waals surface area contributed by atoms with Gasteiger partial charge in [0.1, 0.15) is 6.04 Å². The summed E-state index contributed by atoms with van der Waals surface area (Å²) in [5, 5.41) is 8.03. The lowest BCUT2D eigenvalue weighted by atomic mass is 10.3. The van der Waals surface area contributed by atoms with Crippen molar-refractivity contribution in [3.8, 4) is 0 Å². The molecule has 2 aromatic heterocycles. The van der Waals surface area contributed by atoms with Crippen LogP contribution in [-0.4, -0.2) is 36.3 Å². The minimum atomic E-state index is -0.916. The zero-order valence-electron chi connectivity index (χ0n) is 12.6. The van der Waals surface area contributed by atoms with E-state index in [0.29, 0.717) is 9.75 Å². The summed E-state index contributed by atoms with van der Waals surface area (Å²) in [6.07, 6.45) is 0. The molecule has 24 heavy (non-hydrogen) atoms. The van der Waals surface area contributed by atoms with Gasteiger partial charge in [0.2, 0.25) is 0 Å². The number of hydrogen-bond donors (Lipinski definition) is 2. The maximum Gasteiger partial charge on any atom is 0.328 e. The Morgan fingerprint density at radius 1 is 1.04 bits per heavy atom. The third kappa shape index (κ3) is 5.00. The lowest BCUT2D eigenvalue weighted by Gasteiger charge is -2.12. The second-order valence-electron chi connectivity index (χ2n) is 4.63. The lowest BCUT2D eigenvalue weighted by molar-refractivity contribution is -0.149. The van der Waals surface area contributed by atoms with Crippen molar-refractivity contribution >= 4 is 46.4 Å². The molecule has 0 aliphatic carbocycles. The van der Waals surface area contributed by atoms with E-state index in [-0.39, 0.29) is 0 Å². The highest BCUT2D eigenvalue weighted by molar-refractivity contribution is 7.12. The van der Waals surface area contributed by atoms with Crippen LogP contribution in [0.25, 0.3) is 0 Å². The zero-order chi connectivity index (χ0) is 17.5. The Morgan fingerprint density at radius 2 is 1.62 bits per heavy atom. The van der Waals surface area contributed by atoms with Gasteiger partial charge >= 0.3 is 5.97 Å². The number of ether oxygens (including phenoxy) is 1. The minimum Gasteiger partial charge on any atom is -0.454 e. The molecule has 9 heteroatoms. The number of carbonyl (C=O) groups is 4. The Hall–Kier alpha value is -2.52. The van der Waals surface area contributed by atoms with E-state index in [0.717, 1.165) is 0 Å². The van der Waals surface area contributed by atoms with E-state index >= 15 is 0 Å². The first-order valence-electron chi connectivity index (χ1n) is 6.86. The van der Waals surface area contributed by atoms with E-state index < -0.39 is 36.3 Å². The van der Waals surface area contributed by atoms with Crippen LogP contribution in [0.1, 0.15) is 26.3 Å². The van der Waals surface area contributed by atoms with Crippen LogP contribution < -0.4 is 10.6 Å². The first-order chi connectivity index (χ1) is 11.5. The molecular formula is C15H14N2O5S2. The normalized spacial score (nSPS) is 11.4. The molecule has 0 saturated heterocycles. The number of thiophene rings is 2. The van der Waals surface area contributed by atoms with Crippen LogP contribution >= 0.6 is 22.7 Å². The fraction of sp³-hybridized carbons (Fsp3) is 0.200. The zero-order valence-corrected chi connectivity index (χ0v) is 14.2. The first-order valence-corrected chi connectivity index (χ1v) is 8.62. The van der Waals surface area contributed by atoms with Crippen LogP contribution in [0.2, 0.25) is 0 Å². The standard InChI is InChI=1S/C15H14N2O5S2/c1-9(16-13(19)10-4-2-6-23-10)15(21)22-8-12(18)17-14(20)11-5-3-7-24-11/h2-7,9H,8H2,1H3,(H,16,19)(H,17,18,20)/t9-/m0/s1. The summed E-state index contributed by atoms with van der Waals surface area (Å²) in [6, 6.07) is 5.68. The van der Waals surface area contributed by atoms with E-state index in [1.807, 2.05) is 0 Å². The molecule has 0 fully saturated rings. The van der Waals surface area contributed by atoms with Crippen molar-refractivity contribution in [2.45, 2.75) is 13.0 Å². The molecule has 0 radical (unpaired) electrons. The summed E-state index contributed by atoms with van der Waals surface area (Å²) in [7, 11) is 0. The molecule has 0 spiro atoms. The second kappa shape index (κ2) is 8.37. The Morgan fingerprint density at radius 3 is 2.17 bits per heavy atom. The van der Waals surface area contributed by atoms with Crippen molar-refractivity contribution in [2.24, 2.45) is 0 Å². The third-order valence-corrected chi connectivity index (χ3v) is 4.53. The molecule has 0 unspecified atom stereocenters. The quantitative estimate of drug-likeness (QED) is 0.753. The van der Waals surface area contributed by atoms with Gasteiger partial charge < -0.3 is 10.1 Å². The van der Waals surface area contributed by atoms with E-state index in [2.05, 4.69) is 10.6 Å². The molecule has 2 N–H and O–H groups in total. The van der Waals surface area contributed by atoms with Crippen LogP contribution in [0, 0.1) is 0 Å². The number of rotatable bonds is 6. The first kappa shape index (κ1) is 17.8. The largest absolute Gasteiger partial charge is 0.454 e. The predicted octanol–water partition coefficient (Wildman–Crippen LogP) is 1.43. The third-order valence-electron chi connectivity index (χ3n) is 2.79. The maximum atomic E-state index is 11.8. The summed E-state index contributed by atoms with van der Waals surface area (Å²) in [5.74, 6) is -2.45. The predicted molar refractivity (Wildman–Crippen MR) is 89.0 cm³/mol. The van der Waals surface area contributed by atoms with E-state index in [4.69, 9.17) is 4.74 Å². The fourth-order valence-electron chi connectivity index (χ4n) is 1.63. The second-order valence-corrected chi connectivity index (χ2v) is 6.53. The average molecular weight is 366 g/mol. The molecule has 2 aromatic rings. The number of esters is 1. The van der Waals surface area contributed by atoms with Crippen molar-refractivity contribution in [3.05, 3.63) is 44.8 Å². The summed E-state index contributed by atoms with van der Waals surface area (Å²) in [4.78, 5) is 47.7. The van der Waals surface area contributed by atoms with Crippen molar-refractivity contribution in [1.29, 1.82) is 0 Å². The summed E-state index contributed by atoms with van der Waals surface area (Å²) in [6.45, 7) is 0.845. The summed E-state index contributed by atoms with van der Waals surface area (Å²) >= 11 is 2.43. The maximum absolute atomic E-state index is 11.8. The van der Waals surface area contributed by atoms with Gasteiger partial charge in [-0.2, -0.15) is 0 Å². The number of carbonyl (C=O) groups excluding carboxylic acids is 4. The van der Waals surface area contributed by atoms with E-state index in [9.17, 15) is 19.2 Å². The molecule has 126 valence electrons. The fourth-order valence-corrected chi connectivity index (χ4v) is 2.87. The Bertz CT molecular complexity index is 725. The van der Waals surface area contributed by atoms with E-state index in [1.165, 1.54) is 29.6 Å². The number of amides is 3. The van der Waals surface area contributed by atoms with Gasteiger partial charge in [0.25, 0.3) is 17.7 Å². The molecule has 2 heterocycles. The van der Waals surface area contributed by atoms with Gasteiger partial charge in [-0.15, -0.1) is 22.7 Å². The summed E-state index contributed by atoms with van der Waals surface area (Å²) < 4.78 is 4.79. The van der Waals surface area contributed by atoms with Crippen LogP contribution in [0.15, 0.2) is 35.0 Å². The number of imide groups is 1. The Balaban J connectivity index is 1.74. The van der Waals surface area contributed by atoms with Crippen LogP contribution in [0.4, 0.5) is 0 Å². The molecule has 0 aliphatic rings. The van der Waals surface area contributed by atoms with Crippen LogP contribution in [0.3, 0.4) is 0 Å². The average Bonchev–Trinajstić information content (AvgIpc) is 3.24. The van der Waals surface area contributed by atoms with Crippen molar-refractivity contribution in [2.75, 3.05) is 6.61 Å². The van der Waals surface area contributed by atoms with Gasteiger partial charge in [-0.25, -0.2) is 4.79 Å². The molecule has 1 atom stereocenters. The Kier molecular flexibility index (Phi) is 6.21. The molecular weight excluding hydrogens is 352 g/mol. The highest BCUT2D eigenvalue weighted by Crippen LogP contribution is 2.09. The molecule has 0 aromatic carbocycles. The van der Waals surface area contributed by atoms with Gasteiger partial charge in [-0.3, -0.25) is 19.7 Å². The van der Waals surface area contributed by atoms with Gasteiger partial charge in [-0.1, -0.05) is 12.1 Å². The van der Waals surface area contributed by atoms with Crippen molar-refractivity contribution in [1.82, 2.24) is 10.6 Å². The van der Waals surface area contributed by atoms with Gasteiger partial charge in [0, 0.05) is 0 Å². The molecule has 3 amide bonds. The highest BCUT2D eigenvalue weighted by atomic mass is 32.1. The van der Waals surface area contributed by atoms with Crippen molar-refractivity contribution < 1.29 is 23.9 Å². The lowest BCUT2D eigenvalue weighted by Crippen LogP contribution is -2.41.